The van der Waals surface area contributed by atoms with Crippen molar-refractivity contribution in [3.05, 3.63) is 42.1 Å². The molecule has 5 aromatic rings. The first-order chi connectivity index (χ1) is 17.0. The number of fused-ring (bicyclic) bond motifs is 4. The van der Waals surface area contributed by atoms with Crippen molar-refractivity contribution in [1.82, 2.24) is 29.0 Å². The lowest BCUT2D eigenvalue weighted by Gasteiger charge is -2.22. The zero-order chi connectivity index (χ0) is 23.8. The van der Waals surface area contributed by atoms with Crippen LogP contribution < -0.4 is 5.32 Å². The van der Waals surface area contributed by atoms with Crippen molar-refractivity contribution in [3.63, 3.8) is 0 Å². The lowest BCUT2D eigenvalue weighted by molar-refractivity contribution is 0.0719. The molecular weight excluding hydrogens is 465 g/mol. The van der Waals surface area contributed by atoms with Gasteiger partial charge in [0.05, 0.1) is 22.1 Å². The van der Waals surface area contributed by atoms with Crippen LogP contribution in [0.5, 0.6) is 0 Å². The molecule has 2 fully saturated rings. The molecule has 8 nitrogen and oxygen atoms in total. The number of aromatic nitrogens is 5. The Bertz CT molecular complexity index is 1630. The van der Waals surface area contributed by atoms with Crippen LogP contribution in [0.15, 0.2) is 30.6 Å². The molecule has 0 spiro atoms. The third-order valence-corrected chi connectivity index (χ3v) is 7.88. The lowest BCUT2D eigenvalue weighted by Crippen LogP contribution is -2.36. The first-order valence-corrected chi connectivity index (χ1v) is 12.8. The molecule has 7 rings (SSSR count). The van der Waals surface area contributed by atoms with Gasteiger partial charge in [0, 0.05) is 37.1 Å². The standard InChI is InChI=1S/C25H24FN7OS/c1-3-32-18(24(34)33(14-5-6-14)15-7-8-15)11-16-21-20(27-12-31(21)2)22(29-23(16)32)30-25-28-17-10-13(26)4-9-19(17)35-25/h4,9-12,14-15H,3,5-8H2,1-2H3,(H,28,29,30). The topological polar surface area (TPSA) is 80.9 Å². The number of amides is 1. The average molecular weight is 490 g/mol. The maximum Gasteiger partial charge on any atom is 0.271 e. The average Bonchev–Trinajstić information content (AvgIpc) is 3.75. The zero-order valence-corrected chi connectivity index (χ0v) is 20.3. The van der Waals surface area contributed by atoms with Crippen molar-refractivity contribution in [2.24, 2.45) is 7.05 Å². The Morgan fingerprint density at radius 2 is 1.97 bits per heavy atom. The van der Waals surface area contributed by atoms with Crippen LogP contribution in [-0.4, -0.2) is 47.0 Å². The number of carbonyl (C=O) groups excluding carboxylic acids is 1. The lowest BCUT2D eigenvalue weighted by atomic mass is 10.2. The van der Waals surface area contributed by atoms with E-state index in [4.69, 9.17) is 4.98 Å². The van der Waals surface area contributed by atoms with Crippen molar-refractivity contribution in [2.45, 2.75) is 51.2 Å². The third-order valence-electron chi connectivity index (χ3n) is 6.93. The number of aryl methyl sites for hydroxylation is 2. The summed E-state index contributed by atoms with van der Waals surface area (Å²) >= 11 is 1.43. The van der Waals surface area contributed by atoms with E-state index in [9.17, 15) is 9.18 Å². The number of carbonyl (C=O) groups is 1. The van der Waals surface area contributed by atoms with E-state index in [1.54, 1.807) is 12.4 Å². The molecule has 0 aliphatic heterocycles. The number of hydrogen-bond donors (Lipinski definition) is 1. The van der Waals surface area contributed by atoms with E-state index in [0.29, 0.717) is 46.3 Å². The Hall–Kier alpha value is -3.53. The number of imidazole rings is 1. The Morgan fingerprint density at radius 3 is 2.69 bits per heavy atom. The number of pyridine rings is 1. The molecule has 1 amide bonds. The number of anilines is 2. The first kappa shape index (κ1) is 20.8. The number of halogens is 1. The van der Waals surface area contributed by atoms with Crippen molar-refractivity contribution < 1.29 is 9.18 Å². The van der Waals surface area contributed by atoms with Gasteiger partial charge in [-0.1, -0.05) is 11.3 Å². The molecule has 0 unspecified atom stereocenters. The first-order valence-electron chi connectivity index (χ1n) is 12.0. The zero-order valence-electron chi connectivity index (χ0n) is 19.5. The molecule has 0 radical (unpaired) electrons. The van der Waals surface area contributed by atoms with E-state index in [1.165, 1.54) is 23.5 Å². The van der Waals surface area contributed by atoms with Gasteiger partial charge in [-0.05, 0) is 50.8 Å². The Kier molecular flexibility index (Phi) is 4.45. The molecule has 1 aromatic carbocycles. The second kappa shape index (κ2) is 7.48. The Morgan fingerprint density at radius 1 is 1.20 bits per heavy atom. The van der Waals surface area contributed by atoms with Crippen LogP contribution in [0.3, 0.4) is 0 Å². The molecule has 4 aromatic heterocycles. The van der Waals surface area contributed by atoms with Gasteiger partial charge in [-0.3, -0.25) is 4.79 Å². The summed E-state index contributed by atoms with van der Waals surface area (Å²) in [7, 11) is 1.95. The van der Waals surface area contributed by atoms with Gasteiger partial charge in [-0.25, -0.2) is 19.3 Å². The smallest absolute Gasteiger partial charge is 0.271 e. The van der Waals surface area contributed by atoms with E-state index in [0.717, 1.165) is 46.9 Å². The Balaban J connectivity index is 1.38. The highest BCUT2D eigenvalue weighted by atomic mass is 32.1. The summed E-state index contributed by atoms with van der Waals surface area (Å²) < 4.78 is 18.5. The highest BCUT2D eigenvalue weighted by Gasteiger charge is 2.43. The third kappa shape index (κ3) is 3.30. The van der Waals surface area contributed by atoms with E-state index in [2.05, 4.69) is 20.2 Å². The van der Waals surface area contributed by atoms with Crippen LogP contribution in [0.1, 0.15) is 43.1 Å². The maximum atomic E-state index is 13.7. The van der Waals surface area contributed by atoms with Gasteiger partial charge in [0.25, 0.3) is 5.91 Å². The Labute approximate surface area is 204 Å². The summed E-state index contributed by atoms with van der Waals surface area (Å²) in [4.78, 5) is 29.9. The van der Waals surface area contributed by atoms with E-state index in [-0.39, 0.29) is 11.7 Å². The molecule has 2 aliphatic rings. The number of hydrogen-bond acceptors (Lipinski definition) is 6. The van der Waals surface area contributed by atoms with Gasteiger partial charge in [-0.15, -0.1) is 0 Å². The fraction of sp³-hybridized carbons (Fsp3) is 0.360. The van der Waals surface area contributed by atoms with E-state index >= 15 is 0 Å². The molecule has 2 saturated carbocycles. The number of benzene rings is 1. The summed E-state index contributed by atoms with van der Waals surface area (Å²) in [6.45, 7) is 2.67. The maximum absolute atomic E-state index is 13.7. The van der Waals surface area contributed by atoms with Gasteiger partial charge in [0.1, 0.15) is 22.7 Å². The van der Waals surface area contributed by atoms with Crippen LogP contribution in [0.4, 0.5) is 15.3 Å². The normalized spacial score (nSPS) is 16.0. The fourth-order valence-electron chi connectivity index (χ4n) is 5.02. The summed E-state index contributed by atoms with van der Waals surface area (Å²) in [5.41, 5.74) is 3.65. The van der Waals surface area contributed by atoms with Gasteiger partial charge in [0.15, 0.2) is 10.9 Å². The van der Waals surface area contributed by atoms with Crippen LogP contribution in [-0.2, 0) is 13.6 Å². The SMILES string of the molecule is CCn1c(C(=O)N(C2CC2)C2CC2)cc2c3c(ncn3C)c(Nc3nc4cc(F)ccc4s3)nc21. The molecule has 4 heterocycles. The fourth-order valence-corrected chi connectivity index (χ4v) is 5.87. The van der Waals surface area contributed by atoms with Crippen molar-refractivity contribution in [1.29, 1.82) is 0 Å². The van der Waals surface area contributed by atoms with Crippen LogP contribution in [0, 0.1) is 5.82 Å². The van der Waals surface area contributed by atoms with E-state index < -0.39 is 0 Å². The van der Waals surface area contributed by atoms with Gasteiger partial charge in [0.2, 0.25) is 0 Å². The molecule has 0 saturated heterocycles. The molecular formula is C25H24FN7OS. The predicted molar refractivity (Wildman–Crippen MR) is 135 cm³/mol. The minimum Gasteiger partial charge on any atom is -0.333 e. The van der Waals surface area contributed by atoms with Crippen LogP contribution in [0.25, 0.3) is 32.3 Å². The number of nitrogens with zero attached hydrogens (tertiary/aromatic N) is 6. The second-order valence-electron chi connectivity index (χ2n) is 9.46. The summed E-state index contributed by atoms with van der Waals surface area (Å²) in [5.74, 6) is 0.360. The molecule has 35 heavy (non-hydrogen) atoms. The highest BCUT2D eigenvalue weighted by Crippen LogP contribution is 2.40. The molecule has 10 heteroatoms. The monoisotopic (exact) mass is 489 g/mol. The van der Waals surface area contributed by atoms with E-state index in [1.807, 2.05) is 29.2 Å². The largest absolute Gasteiger partial charge is 0.333 e. The molecule has 2 aliphatic carbocycles. The van der Waals surface area contributed by atoms with Crippen LogP contribution >= 0.6 is 11.3 Å². The minimum absolute atomic E-state index is 0.105. The van der Waals surface area contributed by atoms with Gasteiger partial charge in [-0.2, -0.15) is 0 Å². The number of nitrogens with one attached hydrogen (secondary N) is 1. The summed E-state index contributed by atoms with van der Waals surface area (Å²) in [6, 6.07) is 7.33. The molecule has 1 N–H and O–H groups in total. The quantitative estimate of drug-likeness (QED) is 0.355. The number of rotatable bonds is 6. The summed E-state index contributed by atoms with van der Waals surface area (Å²) in [5, 5.41) is 4.85. The van der Waals surface area contributed by atoms with Gasteiger partial charge >= 0.3 is 0 Å². The molecule has 0 atom stereocenters. The molecule has 0 bridgehead atoms. The minimum atomic E-state index is -0.314. The van der Waals surface area contributed by atoms with Gasteiger partial charge < -0.3 is 19.4 Å². The molecule has 178 valence electrons. The van der Waals surface area contributed by atoms with Crippen molar-refractivity contribution in [3.8, 4) is 0 Å². The van der Waals surface area contributed by atoms with Crippen molar-refractivity contribution in [2.75, 3.05) is 5.32 Å². The summed E-state index contributed by atoms with van der Waals surface area (Å²) in [6.07, 6.45) is 6.14. The predicted octanol–water partition coefficient (Wildman–Crippen LogP) is 5.20. The second-order valence-corrected chi connectivity index (χ2v) is 10.5. The van der Waals surface area contributed by atoms with Crippen molar-refractivity contribution >= 4 is 60.5 Å². The van der Waals surface area contributed by atoms with Crippen LogP contribution in [0.2, 0.25) is 0 Å². The number of thiazole rings is 1. The highest BCUT2D eigenvalue weighted by molar-refractivity contribution is 7.22.